The molecule has 2 saturated heterocycles. The molecule has 0 bridgehead atoms. The summed E-state index contributed by atoms with van der Waals surface area (Å²) in [5.74, 6) is 0.443. The predicted molar refractivity (Wildman–Crippen MR) is 79.2 cm³/mol. The first-order valence-electron chi connectivity index (χ1n) is 6.40. The molecule has 4 nitrogen and oxygen atoms in total. The summed E-state index contributed by atoms with van der Waals surface area (Å²) < 4.78 is 0. The van der Waals surface area contributed by atoms with Crippen molar-refractivity contribution in [1.29, 1.82) is 0 Å². The number of rotatable bonds is 2. The molecule has 18 heavy (non-hydrogen) atoms. The molecule has 0 saturated carbocycles. The largest absolute Gasteiger partial charge is 0.342 e. The minimum absolute atomic E-state index is 0.0232. The number of alkyl halides is 1. The molecule has 0 aliphatic carbocycles. The molecule has 6 heteroatoms. The van der Waals surface area contributed by atoms with Gasteiger partial charge in [-0.3, -0.25) is 9.59 Å². The first kappa shape index (κ1) is 15.8. The van der Waals surface area contributed by atoms with Gasteiger partial charge < -0.3 is 9.80 Å². The van der Waals surface area contributed by atoms with Crippen LogP contribution in [0.15, 0.2) is 0 Å². The van der Waals surface area contributed by atoms with Gasteiger partial charge in [-0.05, 0) is 26.7 Å². The molecule has 0 spiro atoms. The van der Waals surface area contributed by atoms with Crippen LogP contribution in [-0.2, 0) is 9.59 Å². The molecule has 0 aromatic carbocycles. The molecule has 0 N–H and O–H groups in total. The van der Waals surface area contributed by atoms with Gasteiger partial charge in [-0.15, -0.1) is 0 Å². The highest BCUT2D eigenvalue weighted by Gasteiger charge is 2.27. The van der Waals surface area contributed by atoms with E-state index < -0.39 is 0 Å². The Morgan fingerprint density at radius 3 is 1.83 bits per heavy atom. The number of halogens is 1. The number of thiol groups is 1. The van der Waals surface area contributed by atoms with Crippen LogP contribution in [0.5, 0.6) is 0 Å². The number of hydrogen-bond donors (Lipinski definition) is 1. The van der Waals surface area contributed by atoms with E-state index in [-0.39, 0.29) is 21.9 Å². The Morgan fingerprint density at radius 1 is 1.11 bits per heavy atom. The van der Waals surface area contributed by atoms with Crippen molar-refractivity contribution in [1.82, 2.24) is 9.80 Å². The maximum absolute atomic E-state index is 11.0. The highest BCUT2D eigenvalue weighted by atomic mass is 79.9. The first-order valence-corrected chi connectivity index (χ1v) is 7.84. The Bertz CT molecular complexity index is 284. The predicted octanol–water partition coefficient (Wildman–Crippen LogP) is 1.54. The third-order valence-corrected chi connectivity index (χ3v) is 4.59. The second kappa shape index (κ2) is 7.38. The van der Waals surface area contributed by atoms with Gasteiger partial charge in [0, 0.05) is 26.2 Å². The summed E-state index contributed by atoms with van der Waals surface area (Å²) in [5.41, 5.74) is 0. The minimum atomic E-state index is -0.0232. The van der Waals surface area contributed by atoms with Gasteiger partial charge in [0.25, 0.3) is 0 Å². The van der Waals surface area contributed by atoms with Crippen molar-refractivity contribution in [2.75, 3.05) is 26.2 Å². The zero-order valence-corrected chi connectivity index (χ0v) is 13.4. The summed E-state index contributed by atoms with van der Waals surface area (Å²) in [7, 11) is 0. The van der Waals surface area contributed by atoms with Gasteiger partial charge >= 0.3 is 0 Å². The van der Waals surface area contributed by atoms with Crippen LogP contribution in [-0.4, -0.2) is 57.9 Å². The summed E-state index contributed by atoms with van der Waals surface area (Å²) in [6.07, 6.45) is 1.88. The highest BCUT2D eigenvalue weighted by Crippen LogP contribution is 2.17. The van der Waals surface area contributed by atoms with Crippen LogP contribution in [0.1, 0.15) is 26.7 Å². The molecular weight excluding hydrogens is 316 g/mol. The van der Waals surface area contributed by atoms with Gasteiger partial charge in [-0.2, -0.15) is 12.6 Å². The van der Waals surface area contributed by atoms with Crippen molar-refractivity contribution in [2.45, 2.75) is 36.8 Å². The SMILES string of the molecule is CCN1CCC(Br)C1=O.CCN1CCC(S)C1=O. The van der Waals surface area contributed by atoms with Gasteiger partial charge in [0.05, 0.1) is 10.1 Å². The van der Waals surface area contributed by atoms with Crippen LogP contribution in [0.25, 0.3) is 0 Å². The van der Waals surface area contributed by atoms with E-state index in [2.05, 4.69) is 28.6 Å². The molecule has 2 unspecified atom stereocenters. The average Bonchev–Trinajstić information content (AvgIpc) is 2.86. The molecule has 2 fully saturated rings. The van der Waals surface area contributed by atoms with Crippen LogP contribution in [0.3, 0.4) is 0 Å². The minimum Gasteiger partial charge on any atom is -0.342 e. The number of amides is 2. The number of likely N-dealkylation sites (tertiary alicyclic amines) is 2. The van der Waals surface area contributed by atoms with Crippen LogP contribution >= 0.6 is 28.6 Å². The van der Waals surface area contributed by atoms with Gasteiger partial charge in [0.2, 0.25) is 11.8 Å². The van der Waals surface area contributed by atoms with Crippen LogP contribution < -0.4 is 0 Å². The van der Waals surface area contributed by atoms with Crippen molar-refractivity contribution < 1.29 is 9.59 Å². The summed E-state index contributed by atoms with van der Waals surface area (Å²) in [4.78, 5) is 25.8. The number of nitrogens with zero attached hydrogens (tertiary/aromatic N) is 2. The Balaban J connectivity index is 0.000000180. The van der Waals surface area contributed by atoms with Crippen molar-refractivity contribution in [3.05, 3.63) is 0 Å². The van der Waals surface area contributed by atoms with Crippen molar-refractivity contribution in [3.63, 3.8) is 0 Å². The summed E-state index contributed by atoms with van der Waals surface area (Å²) in [5, 5.41) is -0.0232. The van der Waals surface area contributed by atoms with E-state index in [1.165, 1.54) is 0 Å². The molecule has 0 radical (unpaired) electrons. The number of carbonyl (C=O) groups is 2. The van der Waals surface area contributed by atoms with Gasteiger partial charge in [0.15, 0.2) is 0 Å². The smallest absolute Gasteiger partial charge is 0.236 e. The van der Waals surface area contributed by atoms with E-state index in [0.29, 0.717) is 0 Å². The molecule has 2 aliphatic rings. The molecule has 2 aliphatic heterocycles. The summed E-state index contributed by atoms with van der Waals surface area (Å²) >= 11 is 7.40. The van der Waals surface area contributed by atoms with E-state index in [9.17, 15) is 9.59 Å². The third-order valence-electron chi connectivity index (χ3n) is 3.26. The topological polar surface area (TPSA) is 40.6 Å². The normalized spacial score (nSPS) is 27.6. The van der Waals surface area contributed by atoms with Crippen LogP contribution in [0.2, 0.25) is 0 Å². The quantitative estimate of drug-likeness (QED) is 0.613. The first-order chi connectivity index (χ1) is 8.51. The van der Waals surface area contributed by atoms with Crippen molar-refractivity contribution in [3.8, 4) is 0 Å². The van der Waals surface area contributed by atoms with Gasteiger partial charge in [0.1, 0.15) is 0 Å². The fourth-order valence-electron chi connectivity index (χ4n) is 2.05. The summed E-state index contributed by atoms with van der Waals surface area (Å²) in [6, 6.07) is 0. The zero-order valence-electron chi connectivity index (χ0n) is 10.9. The Kier molecular flexibility index (Phi) is 6.49. The highest BCUT2D eigenvalue weighted by molar-refractivity contribution is 9.10. The number of carbonyl (C=O) groups excluding carboxylic acids is 2. The lowest BCUT2D eigenvalue weighted by Gasteiger charge is -2.11. The molecule has 0 aromatic heterocycles. The standard InChI is InChI=1S/C6H10BrNO.C6H11NOS/c1-2-8-4-3-5(7)6(8)9;1-2-7-4-3-5(9)6(7)8/h5H,2-4H2,1H3;5,9H,2-4H2,1H3. The molecule has 104 valence electrons. The van der Waals surface area contributed by atoms with Crippen LogP contribution in [0, 0.1) is 0 Å². The molecule has 0 aromatic rings. The lowest BCUT2D eigenvalue weighted by Crippen LogP contribution is -2.26. The second-order valence-corrected chi connectivity index (χ2v) is 6.13. The molecular formula is C12H21BrN2O2S. The van der Waals surface area contributed by atoms with Crippen LogP contribution in [0.4, 0.5) is 0 Å². The maximum atomic E-state index is 11.0. The van der Waals surface area contributed by atoms with Crippen molar-refractivity contribution in [2.24, 2.45) is 0 Å². The van der Waals surface area contributed by atoms with E-state index >= 15 is 0 Å². The monoisotopic (exact) mass is 336 g/mol. The van der Waals surface area contributed by atoms with E-state index in [1.807, 2.05) is 23.6 Å². The molecule has 2 amide bonds. The van der Waals surface area contributed by atoms with Gasteiger partial charge in [-0.25, -0.2) is 0 Å². The fourth-order valence-corrected chi connectivity index (χ4v) is 2.82. The lowest BCUT2D eigenvalue weighted by atomic mass is 10.4. The molecule has 2 atom stereocenters. The number of hydrogen-bond acceptors (Lipinski definition) is 3. The van der Waals surface area contributed by atoms with Crippen molar-refractivity contribution >= 4 is 40.4 Å². The van der Waals surface area contributed by atoms with E-state index in [1.54, 1.807) is 0 Å². The zero-order chi connectivity index (χ0) is 13.7. The Labute approximate surface area is 123 Å². The molecule has 2 heterocycles. The Morgan fingerprint density at radius 2 is 1.61 bits per heavy atom. The second-order valence-electron chi connectivity index (χ2n) is 4.40. The summed E-state index contributed by atoms with van der Waals surface area (Å²) in [6.45, 7) is 7.48. The lowest BCUT2D eigenvalue weighted by molar-refractivity contribution is -0.127. The van der Waals surface area contributed by atoms with E-state index in [4.69, 9.17) is 0 Å². The van der Waals surface area contributed by atoms with Gasteiger partial charge in [-0.1, -0.05) is 15.9 Å². The maximum Gasteiger partial charge on any atom is 0.236 e. The Hall–Kier alpha value is -0.230. The third kappa shape index (κ3) is 3.88. The van der Waals surface area contributed by atoms with E-state index in [0.717, 1.165) is 39.0 Å². The fraction of sp³-hybridized carbons (Fsp3) is 0.833. The average molecular weight is 337 g/mol. The molecule has 2 rings (SSSR count).